The number of rotatable bonds is 8. The summed E-state index contributed by atoms with van der Waals surface area (Å²) in [5, 5.41) is -0.493. The van der Waals surface area contributed by atoms with E-state index in [1.807, 2.05) is 13.8 Å². The first-order valence-corrected chi connectivity index (χ1v) is 9.44. The Morgan fingerprint density at radius 2 is 0.947 bits per heavy atom. The molecule has 0 rings (SSSR count). The van der Waals surface area contributed by atoms with E-state index in [2.05, 4.69) is 41.5 Å². The molecule has 6 atom stereocenters. The Kier molecular flexibility index (Phi) is 7.64. The fourth-order valence-corrected chi connectivity index (χ4v) is 5.02. The molecule has 116 valence electrons. The van der Waals surface area contributed by atoms with Gasteiger partial charge in [0.1, 0.15) is 0 Å². The quantitative estimate of drug-likeness (QED) is 0.657. The van der Waals surface area contributed by atoms with Gasteiger partial charge in [-0.1, -0.05) is 54.4 Å². The molecule has 0 aliphatic heterocycles. The Bertz CT molecular complexity index is 320. The van der Waals surface area contributed by atoms with Gasteiger partial charge in [-0.25, -0.2) is 8.42 Å². The van der Waals surface area contributed by atoms with Crippen LogP contribution in [0.15, 0.2) is 0 Å². The van der Waals surface area contributed by atoms with Crippen LogP contribution in [-0.4, -0.2) is 18.9 Å². The minimum absolute atomic E-state index is 0.224. The van der Waals surface area contributed by atoms with Gasteiger partial charge < -0.3 is 0 Å². The predicted molar refractivity (Wildman–Crippen MR) is 85.1 cm³/mol. The third kappa shape index (κ3) is 4.47. The lowest BCUT2D eigenvalue weighted by Gasteiger charge is -2.32. The highest BCUT2D eigenvalue weighted by Crippen LogP contribution is 2.30. The Morgan fingerprint density at radius 1 is 0.684 bits per heavy atom. The van der Waals surface area contributed by atoms with Crippen LogP contribution >= 0.6 is 0 Å². The lowest BCUT2D eigenvalue weighted by Crippen LogP contribution is -2.39. The van der Waals surface area contributed by atoms with E-state index >= 15 is 0 Å². The van der Waals surface area contributed by atoms with E-state index in [0.717, 1.165) is 12.8 Å². The summed E-state index contributed by atoms with van der Waals surface area (Å²) in [5.41, 5.74) is 0. The number of hydrogen-bond donors (Lipinski definition) is 0. The van der Waals surface area contributed by atoms with Crippen LogP contribution in [0.25, 0.3) is 0 Å². The third-order valence-corrected chi connectivity index (χ3v) is 8.53. The van der Waals surface area contributed by atoms with Crippen LogP contribution in [0, 0.1) is 23.7 Å². The van der Waals surface area contributed by atoms with Crippen LogP contribution in [0.5, 0.6) is 0 Å². The molecule has 0 N–H and O–H groups in total. The van der Waals surface area contributed by atoms with Crippen LogP contribution in [0.3, 0.4) is 0 Å². The molecule has 0 saturated heterocycles. The SMILES string of the molecule is CCC(C)C(C)C(C)S(=O)(=O)C(C)C(C)C(C)CC. The van der Waals surface area contributed by atoms with E-state index in [9.17, 15) is 8.42 Å². The van der Waals surface area contributed by atoms with Crippen LogP contribution < -0.4 is 0 Å². The van der Waals surface area contributed by atoms with Gasteiger partial charge in [0.2, 0.25) is 0 Å². The molecule has 0 saturated carbocycles. The summed E-state index contributed by atoms with van der Waals surface area (Å²) in [7, 11) is -3.05. The standard InChI is InChI=1S/C16H34O2S/c1-9-11(3)13(5)15(7)19(17,18)16(8)14(6)12(4)10-2/h11-16H,9-10H2,1-8H3. The van der Waals surface area contributed by atoms with Gasteiger partial charge in [0, 0.05) is 0 Å². The molecule has 19 heavy (non-hydrogen) atoms. The molecule has 0 amide bonds. The van der Waals surface area contributed by atoms with Crippen molar-refractivity contribution in [2.45, 2.75) is 78.7 Å². The minimum atomic E-state index is -3.05. The summed E-state index contributed by atoms with van der Waals surface area (Å²) in [4.78, 5) is 0. The second-order valence-corrected chi connectivity index (χ2v) is 9.15. The largest absolute Gasteiger partial charge is 0.228 e. The molecule has 2 nitrogen and oxygen atoms in total. The van der Waals surface area contributed by atoms with Gasteiger partial charge in [-0.3, -0.25) is 0 Å². The highest BCUT2D eigenvalue weighted by atomic mass is 32.2. The monoisotopic (exact) mass is 290 g/mol. The van der Waals surface area contributed by atoms with Gasteiger partial charge in [0.05, 0.1) is 10.5 Å². The van der Waals surface area contributed by atoms with Crippen molar-refractivity contribution in [3.05, 3.63) is 0 Å². The van der Waals surface area contributed by atoms with Crippen LogP contribution in [0.1, 0.15) is 68.2 Å². The van der Waals surface area contributed by atoms with Crippen LogP contribution in [0.2, 0.25) is 0 Å². The summed E-state index contributed by atoms with van der Waals surface area (Å²) < 4.78 is 25.5. The Labute approximate surface area is 121 Å². The highest BCUT2D eigenvalue weighted by Gasteiger charge is 2.37. The Morgan fingerprint density at radius 3 is 1.16 bits per heavy atom. The lowest BCUT2D eigenvalue weighted by molar-refractivity contribution is 0.343. The first kappa shape index (κ1) is 18.9. The van der Waals surface area contributed by atoms with Crippen molar-refractivity contribution >= 4 is 9.84 Å². The van der Waals surface area contributed by atoms with Gasteiger partial charge in [-0.15, -0.1) is 0 Å². The van der Waals surface area contributed by atoms with Crippen molar-refractivity contribution in [3.63, 3.8) is 0 Å². The smallest absolute Gasteiger partial charge is 0.156 e. The summed E-state index contributed by atoms with van der Waals surface area (Å²) >= 11 is 0. The topological polar surface area (TPSA) is 34.1 Å². The molecule has 0 aromatic heterocycles. The molecular formula is C16H34O2S. The fourth-order valence-electron chi connectivity index (χ4n) is 2.61. The molecule has 0 aromatic rings. The maximum Gasteiger partial charge on any atom is 0.156 e. The summed E-state index contributed by atoms with van der Waals surface area (Å²) in [5.74, 6) is 1.36. The van der Waals surface area contributed by atoms with E-state index in [1.165, 1.54) is 0 Å². The van der Waals surface area contributed by atoms with Gasteiger partial charge in [-0.05, 0) is 37.5 Å². The third-order valence-electron chi connectivity index (χ3n) is 5.60. The predicted octanol–water partition coefficient (Wildman–Crippen LogP) is 4.54. The fraction of sp³-hybridized carbons (Fsp3) is 1.00. The van der Waals surface area contributed by atoms with Crippen molar-refractivity contribution < 1.29 is 8.42 Å². The zero-order valence-electron chi connectivity index (χ0n) is 14.1. The minimum Gasteiger partial charge on any atom is -0.228 e. The molecule has 3 heteroatoms. The average Bonchev–Trinajstić information content (AvgIpc) is 2.41. The van der Waals surface area contributed by atoms with Crippen molar-refractivity contribution in [3.8, 4) is 0 Å². The van der Waals surface area contributed by atoms with Gasteiger partial charge in [0.25, 0.3) is 0 Å². The normalized spacial score (nSPS) is 22.3. The molecule has 0 spiro atoms. The molecule has 0 radical (unpaired) electrons. The van der Waals surface area contributed by atoms with Crippen LogP contribution in [0.4, 0.5) is 0 Å². The molecule has 0 bridgehead atoms. The first-order chi connectivity index (χ1) is 8.61. The van der Waals surface area contributed by atoms with Gasteiger partial charge >= 0.3 is 0 Å². The van der Waals surface area contributed by atoms with E-state index in [4.69, 9.17) is 0 Å². The Balaban J connectivity index is 5.05. The van der Waals surface area contributed by atoms with Crippen LogP contribution in [-0.2, 0) is 9.84 Å². The number of sulfone groups is 1. The summed E-state index contributed by atoms with van der Waals surface area (Å²) in [6.45, 7) is 16.5. The lowest BCUT2D eigenvalue weighted by atomic mass is 9.91. The molecular weight excluding hydrogens is 256 g/mol. The molecule has 0 aliphatic carbocycles. The maximum atomic E-state index is 12.8. The highest BCUT2D eigenvalue weighted by molar-refractivity contribution is 7.92. The van der Waals surface area contributed by atoms with Crippen molar-refractivity contribution in [1.29, 1.82) is 0 Å². The first-order valence-electron chi connectivity index (χ1n) is 7.83. The molecule has 0 aromatic carbocycles. The molecule has 0 aliphatic rings. The molecule has 0 heterocycles. The van der Waals surface area contributed by atoms with Crippen molar-refractivity contribution in [2.24, 2.45) is 23.7 Å². The van der Waals surface area contributed by atoms with Gasteiger partial charge in [-0.2, -0.15) is 0 Å². The Hall–Kier alpha value is -0.0500. The van der Waals surface area contributed by atoms with Gasteiger partial charge in [0.15, 0.2) is 9.84 Å². The number of hydrogen-bond acceptors (Lipinski definition) is 2. The molecule has 6 unspecified atom stereocenters. The zero-order valence-corrected chi connectivity index (χ0v) is 14.9. The zero-order chi connectivity index (χ0) is 15.4. The molecule has 0 fully saturated rings. The van der Waals surface area contributed by atoms with Crippen molar-refractivity contribution in [1.82, 2.24) is 0 Å². The average molecular weight is 291 g/mol. The van der Waals surface area contributed by atoms with E-state index in [-0.39, 0.29) is 22.3 Å². The maximum absolute atomic E-state index is 12.8. The van der Waals surface area contributed by atoms with E-state index < -0.39 is 9.84 Å². The summed E-state index contributed by atoms with van der Waals surface area (Å²) in [6, 6.07) is 0. The van der Waals surface area contributed by atoms with E-state index in [0.29, 0.717) is 11.8 Å². The summed E-state index contributed by atoms with van der Waals surface area (Å²) in [6.07, 6.45) is 2.08. The van der Waals surface area contributed by atoms with E-state index in [1.54, 1.807) is 0 Å². The van der Waals surface area contributed by atoms with Crippen molar-refractivity contribution in [2.75, 3.05) is 0 Å². The second-order valence-electron chi connectivity index (χ2n) is 6.49. The second kappa shape index (κ2) is 7.66.